The van der Waals surface area contributed by atoms with Crippen LogP contribution in [-0.2, 0) is 10.8 Å². The van der Waals surface area contributed by atoms with Crippen LogP contribution in [0.5, 0.6) is 11.5 Å². The molecule has 0 fully saturated rings. The number of rotatable bonds is 2. The highest BCUT2D eigenvalue weighted by Gasteiger charge is 2.28. The van der Waals surface area contributed by atoms with Crippen molar-refractivity contribution in [3.05, 3.63) is 59.7 Å². The number of aromatic amines is 1. The summed E-state index contributed by atoms with van der Waals surface area (Å²) in [4.78, 5) is 0. The summed E-state index contributed by atoms with van der Waals surface area (Å²) < 4.78 is 0. The number of aromatic hydroxyl groups is 2. The molecule has 31 heavy (non-hydrogen) atoms. The van der Waals surface area contributed by atoms with E-state index in [-0.39, 0.29) is 22.3 Å². The summed E-state index contributed by atoms with van der Waals surface area (Å²) in [5.74, 6) is 0.404. The zero-order valence-corrected chi connectivity index (χ0v) is 18.9. The average molecular weight is 416 g/mol. The second-order valence-electron chi connectivity index (χ2n) is 10.1. The molecule has 1 heterocycles. The Hall–Kier alpha value is -3.34. The van der Waals surface area contributed by atoms with Crippen LogP contribution in [0.1, 0.15) is 52.7 Å². The third-order valence-electron chi connectivity index (χ3n) is 5.74. The Balaban J connectivity index is 2.16. The molecule has 0 saturated carbocycles. The molecule has 5 heteroatoms. The second kappa shape index (κ2) is 7.12. The van der Waals surface area contributed by atoms with Crippen LogP contribution in [0.2, 0.25) is 0 Å². The number of phenols is 2. The van der Waals surface area contributed by atoms with Crippen LogP contribution < -0.4 is 0 Å². The smallest absolute Gasteiger partial charge is 0.127 e. The van der Waals surface area contributed by atoms with Crippen molar-refractivity contribution in [3.8, 4) is 33.8 Å². The lowest BCUT2D eigenvalue weighted by Crippen LogP contribution is -2.17. The summed E-state index contributed by atoms with van der Waals surface area (Å²) in [6, 6.07) is 15.2. The molecule has 3 N–H and O–H groups in total. The predicted molar refractivity (Wildman–Crippen MR) is 125 cm³/mol. The van der Waals surface area contributed by atoms with Gasteiger partial charge in [0.05, 0.1) is 0 Å². The molecular weight excluding hydrogens is 386 g/mol. The van der Waals surface area contributed by atoms with E-state index >= 15 is 0 Å². The van der Waals surface area contributed by atoms with Gasteiger partial charge in [-0.2, -0.15) is 15.4 Å². The highest BCUT2D eigenvalue weighted by molar-refractivity contribution is 6.03. The Morgan fingerprint density at radius 1 is 0.742 bits per heavy atom. The number of hydrogen-bond acceptors (Lipinski definition) is 4. The van der Waals surface area contributed by atoms with Crippen LogP contribution in [0.25, 0.3) is 33.3 Å². The van der Waals surface area contributed by atoms with Crippen LogP contribution in [0.3, 0.4) is 0 Å². The first-order valence-electron chi connectivity index (χ1n) is 10.5. The number of H-pyrrole nitrogens is 1. The van der Waals surface area contributed by atoms with E-state index in [4.69, 9.17) is 0 Å². The fourth-order valence-electron chi connectivity index (χ4n) is 3.94. The van der Waals surface area contributed by atoms with Gasteiger partial charge in [0.15, 0.2) is 0 Å². The Kier molecular flexibility index (Phi) is 4.80. The standard InChI is InChI=1S/C26H29N3O2/c1-25(2,3)15-13-18(24(31)19(14-15)26(4,5)6)22-17(16-9-7-8-10-21(16)30)11-12-20-23(22)28-29-27-20/h7-14,30-31H,1-6H3,(H,27,28,29). The summed E-state index contributed by atoms with van der Waals surface area (Å²) in [6.45, 7) is 12.8. The van der Waals surface area contributed by atoms with Crippen LogP contribution >= 0.6 is 0 Å². The Morgan fingerprint density at radius 3 is 2.10 bits per heavy atom. The van der Waals surface area contributed by atoms with Gasteiger partial charge in [-0.25, -0.2) is 0 Å². The molecule has 0 bridgehead atoms. The number of para-hydroxylation sites is 1. The van der Waals surface area contributed by atoms with Gasteiger partial charge in [0, 0.05) is 22.3 Å². The quantitative estimate of drug-likeness (QED) is 0.359. The monoisotopic (exact) mass is 415 g/mol. The fourth-order valence-corrected chi connectivity index (χ4v) is 3.94. The van der Waals surface area contributed by atoms with Crippen molar-refractivity contribution in [1.29, 1.82) is 0 Å². The number of nitrogens with zero attached hydrogens (tertiary/aromatic N) is 2. The molecular formula is C26H29N3O2. The van der Waals surface area contributed by atoms with Gasteiger partial charge in [-0.3, -0.25) is 0 Å². The highest BCUT2D eigenvalue weighted by Crippen LogP contribution is 2.47. The summed E-state index contributed by atoms with van der Waals surface area (Å²) in [5, 5.41) is 33.4. The van der Waals surface area contributed by atoms with Gasteiger partial charge in [-0.1, -0.05) is 71.9 Å². The molecule has 160 valence electrons. The van der Waals surface area contributed by atoms with Crippen molar-refractivity contribution >= 4 is 11.0 Å². The first-order chi connectivity index (χ1) is 14.5. The van der Waals surface area contributed by atoms with Gasteiger partial charge in [-0.15, -0.1) is 0 Å². The zero-order valence-electron chi connectivity index (χ0n) is 18.9. The Morgan fingerprint density at radius 2 is 1.45 bits per heavy atom. The van der Waals surface area contributed by atoms with Crippen molar-refractivity contribution in [2.45, 2.75) is 52.4 Å². The minimum atomic E-state index is -0.257. The molecule has 0 amide bonds. The van der Waals surface area contributed by atoms with Gasteiger partial charge < -0.3 is 10.2 Å². The molecule has 0 spiro atoms. The Labute approximate surface area is 182 Å². The highest BCUT2D eigenvalue weighted by atomic mass is 16.3. The average Bonchev–Trinajstić information content (AvgIpc) is 3.15. The number of nitrogens with one attached hydrogen (secondary N) is 1. The summed E-state index contributed by atoms with van der Waals surface area (Å²) in [5.41, 5.74) is 5.89. The molecule has 5 nitrogen and oxygen atoms in total. The van der Waals surface area contributed by atoms with E-state index in [0.29, 0.717) is 22.2 Å². The maximum absolute atomic E-state index is 11.5. The van der Waals surface area contributed by atoms with Gasteiger partial charge in [0.1, 0.15) is 22.5 Å². The van der Waals surface area contributed by atoms with Crippen LogP contribution in [-0.4, -0.2) is 25.6 Å². The molecule has 0 saturated heterocycles. The molecule has 4 rings (SSSR count). The number of fused-ring (bicyclic) bond motifs is 1. The second-order valence-corrected chi connectivity index (χ2v) is 10.1. The summed E-state index contributed by atoms with van der Waals surface area (Å²) in [7, 11) is 0. The molecule has 3 aromatic carbocycles. The summed E-state index contributed by atoms with van der Waals surface area (Å²) >= 11 is 0. The van der Waals surface area contributed by atoms with Crippen LogP contribution in [0.15, 0.2) is 48.5 Å². The summed E-state index contributed by atoms with van der Waals surface area (Å²) in [6.07, 6.45) is 0. The number of aromatic nitrogens is 3. The van der Waals surface area contributed by atoms with E-state index < -0.39 is 0 Å². The minimum absolute atomic E-state index is 0.116. The van der Waals surface area contributed by atoms with E-state index in [0.717, 1.165) is 22.3 Å². The van der Waals surface area contributed by atoms with Crippen molar-refractivity contribution in [3.63, 3.8) is 0 Å². The molecule has 0 aliphatic heterocycles. The molecule has 0 atom stereocenters. The molecule has 0 unspecified atom stereocenters. The van der Waals surface area contributed by atoms with E-state index in [1.54, 1.807) is 12.1 Å². The Bertz CT molecular complexity index is 1270. The SMILES string of the molecule is CC(C)(C)c1cc(-c2c(-c3ccccc3O)ccc3n[nH]nc23)c(O)c(C(C)(C)C)c1. The topological polar surface area (TPSA) is 82.0 Å². The van der Waals surface area contributed by atoms with Crippen molar-refractivity contribution in [2.75, 3.05) is 0 Å². The largest absolute Gasteiger partial charge is 0.507 e. The third-order valence-corrected chi connectivity index (χ3v) is 5.74. The normalized spacial score (nSPS) is 12.5. The fraction of sp³-hybridized carbons (Fsp3) is 0.308. The minimum Gasteiger partial charge on any atom is -0.507 e. The van der Waals surface area contributed by atoms with E-state index in [2.05, 4.69) is 63.0 Å². The predicted octanol–water partition coefficient (Wildman–Crippen LogP) is 6.30. The molecule has 1 aromatic heterocycles. The lowest BCUT2D eigenvalue weighted by atomic mass is 9.77. The van der Waals surface area contributed by atoms with Crippen molar-refractivity contribution < 1.29 is 10.2 Å². The van der Waals surface area contributed by atoms with Crippen molar-refractivity contribution in [2.24, 2.45) is 0 Å². The van der Waals surface area contributed by atoms with Crippen molar-refractivity contribution in [1.82, 2.24) is 15.4 Å². The van der Waals surface area contributed by atoms with E-state index in [9.17, 15) is 10.2 Å². The van der Waals surface area contributed by atoms with Gasteiger partial charge in [0.2, 0.25) is 0 Å². The van der Waals surface area contributed by atoms with Gasteiger partial charge in [0.25, 0.3) is 0 Å². The van der Waals surface area contributed by atoms with Gasteiger partial charge in [-0.05, 0) is 40.2 Å². The number of phenolic OH excluding ortho intramolecular Hbond substituents is 2. The molecule has 0 radical (unpaired) electrons. The third kappa shape index (κ3) is 3.65. The van der Waals surface area contributed by atoms with Crippen LogP contribution in [0.4, 0.5) is 0 Å². The van der Waals surface area contributed by atoms with E-state index in [1.807, 2.05) is 30.3 Å². The first-order valence-corrected chi connectivity index (χ1v) is 10.5. The van der Waals surface area contributed by atoms with Gasteiger partial charge >= 0.3 is 0 Å². The molecule has 0 aliphatic rings. The maximum Gasteiger partial charge on any atom is 0.127 e. The first kappa shape index (κ1) is 20.9. The zero-order chi connectivity index (χ0) is 22.6. The van der Waals surface area contributed by atoms with E-state index in [1.165, 1.54) is 0 Å². The number of benzene rings is 3. The number of hydrogen-bond donors (Lipinski definition) is 3. The van der Waals surface area contributed by atoms with Crippen LogP contribution in [0, 0.1) is 0 Å². The lowest BCUT2D eigenvalue weighted by molar-refractivity contribution is 0.446. The lowest BCUT2D eigenvalue weighted by Gasteiger charge is -2.28. The molecule has 4 aromatic rings. The maximum atomic E-state index is 11.5. The molecule has 0 aliphatic carbocycles.